The molecule has 0 unspecified atom stereocenters. The lowest BCUT2D eigenvalue weighted by Gasteiger charge is -2.35. The summed E-state index contributed by atoms with van der Waals surface area (Å²) in [6.45, 7) is 6.09. The van der Waals surface area contributed by atoms with Gasteiger partial charge in [0.1, 0.15) is 11.4 Å². The number of primary amides is 1. The van der Waals surface area contributed by atoms with Crippen LogP contribution >= 0.6 is 0 Å². The highest BCUT2D eigenvalue weighted by Gasteiger charge is 2.38. The normalized spacial score (nSPS) is 25.5. The Morgan fingerprint density at radius 2 is 1.91 bits per heavy atom. The van der Waals surface area contributed by atoms with Crippen LogP contribution in [0.1, 0.15) is 34.3 Å². The molecule has 2 aliphatic heterocycles. The number of ether oxygens (including phenoxy) is 1. The van der Waals surface area contributed by atoms with Crippen molar-refractivity contribution in [2.45, 2.75) is 25.4 Å². The second-order valence-corrected chi connectivity index (χ2v) is 6.02. The summed E-state index contributed by atoms with van der Waals surface area (Å²) in [7, 11) is 0. The first-order valence-corrected chi connectivity index (χ1v) is 7.97. The number of carbonyl (C=O) groups is 2. The highest BCUT2D eigenvalue weighted by molar-refractivity contribution is 5.95. The minimum atomic E-state index is -0.625. The maximum absolute atomic E-state index is 12.7. The van der Waals surface area contributed by atoms with Crippen molar-refractivity contribution in [2.75, 3.05) is 32.8 Å². The molecule has 2 saturated heterocycles. The van der Waals surface area contributed by atoms with Gasteiger partial charge < -0.3 is 15.4 Å². The Morgan fingerprint density at radius 1 is 1.22 bits per heavy atom. The number of rotatable bonds is 3. The van der Waals surface area contributed by atoms with Gasteiger partial charge in [-0.05, 0) is 25.5 Å². The van der Waals surface area contributed by atoms with Gasteiger partial charge in [-0.3, -0.25) is 14.5 Å². The predicted molar refractivity (Wildman–Crippen MR) is 84.1 cm³/mol. The Labute approximate surface area is 135 Å². The number of hydrogen-bond donors (Lipinski definition) is 1. The molecule has 0 aliphatic carbocycles. The average Bonchev–Trinajstić information content (AvgIpc) is 2.96. The number of aromatic nitrogens is 1. The molecule has 2 N–H and O–H groups in total. The zero-order valence-corrected chi connectivity index (χ0v) is 13.3. The van der Waals surface area contributed by atoms with E-state index in [1.807, 2.05) is 4.90 Å². The third-order valence-electron chi connectivity index (χ3n) is 4.71. The van der Waals surface area contributed by atoms with E-state index < -0.39 is 5.91 Å². The van der Waals surface area contributed by atoms with Crippen molar-refractivity contribution in [1.82, 2.24) is 14.8 Å². The van der Waals surface area contributed by atoms with Crippen LogP contribution in [0.25, 0.3) is 0 Å². The molecule has 124 valence electrons. The molecule has 1 aromatic heterocycles. The van der Waals surface area contributed by atoms with Crippen LogP contribution in [-0.2, 0) is 4.74 Å². The number of nitrogens with zero attached hydrogens (tertiary/aromatic N) is 3. The first-order valence-electron chi connectivity index (χ1n) is 7.97. The summed E-state index contributed by atoms with van der Waals surface area (Å²) in [5, 5.41) is 0. The van der Waals surface area contributed by atoms with E-state index in [1.54, 1.807) is 12.1 Å². The Hall–Kier alpha value is -1.99. The fourth-order valence-corrected chi connectivity index (χ4v) is 3.45. The number of morpholine rings is 1. The summed E-state index contributed by atoms with van der Waals surface area (Å²) in [5.74, 6) is -0.767. The van der Waals surface area contributed by atoms with Crippen LogP contribution in [0.2, 0.25) is 0 Å². The smallest absolute Gasteiger partial charge is 0.272 e. The van der Waals surface area contributed by atoms with Gasteiger partial charge in [0.15, 0.2) is 0 Å². The largest absolute Gasteiger partial charge is 0.379 e. The van der Waals surface area contributed by atoms with Crippen LogP contribution in [-0.4, -0.2) is 71.5 Å². The summed E-state index contributed by atoms with van der Waals surface area (Å²) in [6.07, 6.45) is 0.947. The molecule has 2 atom stereocenters. The average molecular weight is 318 g/mol. The molecular weight excluding hydrogens is 296 g/mol. The molecule has 0 saturated carbocycles. The first-order chi connectivity index (χ1) is 11.1. The van der Waals surface area contributed by atoms with Gasteiger partial charge in [0.25, 0.3) is 11.8 Å². The van der Waals surface area contributed by atoms with Crippen molar-refractivity contribution in [3.8, 4) is 0 Å². The van der Waals surface area contributed by atoms with Gasteiger partial charge in [0, 0.05) is 31.7 Å². The molecule has 3 heterocycles. The second kappa shape index (κ2) is 6.64. The lowest BCUT2D eigenvalue weighted by Crippen LogP contribution is -2.49. The van der Waals surface area contributed by atoms with Crippen molar-refractivity contribution in [3.05, 3.63) is 29.6 Å². The van der Waals surface area contributed by atoms with Gasteiger partial charge in [-0.1, -0.05) is 6.07 Å². The monoisotopic (exact) mass is 318 g/mol. The highest BCUT2D eigenvalue weighted by atomic mass is 16.5. The van der Waals surface area contributed by atoms with E-state index in [4.69, 9.17) is 10.5 Å². The van der Waals surface area contributed by atoms with Gasteiger partial charge in [0.2, 0.25) is 0 Å². The molecule has 7 nitrogen and oxygen atoms in total. The quantitative estimate of drug-likeness (QED) is 0.855. The lowest BCUT2D eigenvalue weighted by molar-refractivity contribution is 0.0104. The van der Waals surface area contributed by atoms with E-state index >= 15 is 0 Å². The molecule has 2 fully saturated rings. The number of nitrogens with two attached hydrogens (primary N) is 1. The van der Waals surface area contributed by atoms with Crippen LogP contribution in [0, 0.1) is 0 Å². The molecule has 2 amide bonds. The van der Waals surface area contributed by atoms with E-state index in [2.05, 4.69) is 16.8 Å². The standard InChI is InChI=1S/C16H22N4O3/c1-11-14(19-7-9-23-10-8-19)5-6-20(11)16(22)13-4-2-3-12(18-13)15(17)21/h2-4,11,14H,5-10H2,1H3,(H2,17,21)/t11-,14-/m1/s1. The summed E-state index contributed by atoms with van der Waals surface area (Å²) >= 11 is 0. The van der Waals surface area contributed by atoms with E-state index in [-0.39, 0.29) is 23.3 Å². The number of likely N-dealkylation sites (tertiary alicyclic amines) is 1. The Morgan fingerprint density at radius 3 is 2.61 bits per heavy atom. The van der Waals surface area contributed by atoms with E-state index in [1.165, 1.54) is 6.07 Å². The van der Waals surface area contributed by atoms with Crippen molar-refractivity contribution >= 4 is 11.8 Å². The molecule has 0 spiro atoms. The zero-order chi connectivity index (χ0) is 16.4. The van der Waals surface area contributed by atoms with E-state index in [9.17, 15) is 9.59 Å². The predicted octanol–water partition coefficient (Wildman–Crippen LogP) is 0.116. The minimum Gasteiger partial charge on any atom is -0.379 e. The Bertz CT molecular complexity index is 601. The Balaban J connectivity index is 1.73. The van der Waals surface area contributed by atoms with Crippen molar-refractivity contribution < 1.29 is 14.3 Å². The topological polar surface area (TPSA) is 88.8 Å². The van der Waals surface area contributed by atoms with Crippen molar-refractivity contribution in [1.29, 1.82) is 0 Å². The third-order valence-corrected chi connectivity index (χ3v) is 4.71. The molecule has 3 rings (SSSR count). The van der Waals surface area contributed by atoms with Gasteiger partial charge in [-0.25, -0.2) is 4.98 Å². The van der Waals surface area contributed by atoms with Gasteiger partial charge >= 0.3 is 0 Å². The first kappa shape index (κ1) is 15.9. The number of carbonyl (C=O) groups excluding carboxylic acids is 2. The van der Waals surface area contributed by atoms with E-state index in [0.717, 1.165) is 32.7 Å². The fourth-order valence-electron chi connectivity index (χ4n) is 3.45. The number of hydrogen-bond acceptors (Lipinski definition) is 5. The molecule has 7 heteroatoms. The summed E-state index contributed by atoms with van der Waals surface area (Å²) < 4.78 is 5.40. The molecule has 0 bridgehead atoms. The summed E-state index contributed by atoms with van der Waals surface area (Å²) in [4.78, 5) is 32.3. The van der Waals surface area contributed by atoms with Crippen LogP contribution in [0.15, 0.2) is 18.2 Å². The zero-order valence-electron chi connectivity index (χ0n) is 13.3. The van der Waals surface area contributed by atoms with Gasteiger partial charge in [0.05, 0.1) is 13.2 Å². The van der Waals surface area contributed by atoms with E-state index in [0.29, 0.717) is 12.6 Å². The van der Waals surface area contributed by atoms with Gasteiger partial charge in [-0.2, -0.15) is 0 Å². The van der Waals surface area contributed by atoms with Gasteiger partial charge in [-0.15, -0.1) is 0 Å². The molecule has 0 aromatic carbocycles. The molecule has 23 heavy (non-hydrogen) atoms. The fraction of sp³-hybridized carbons (Fsp3) is 0.562. The SMILES string of the molecule is C[C@@H]1[C@H](N2CCOCC2)CCN1C(=O)c1cccc(C(N)=O)n1. The second-order valence-electron chi connectivity index (χ2n) is 6.02. The Kier molecular flexibility index (Phi) is 4.58. The summed E-state index contributed by atoms with van der Waals surface area (Å²) in [5.41, 5.74) is 5.63. The molecular formula is C16H22N4O3. The molecule has 2 aliphatic rings. The maximum Gasteiger partial charge on any atom is 0.272 e. The lowest BCUT2D eigenvalue weighted by atomic mass is 10.1. The third kappa shape index (κ3) is 3.20. The highest BCUT2D eigenvalue weighted by Crippen LogP contribution is 2.25. The van der Waals surface area contributed by atoms with Crippen LogP contribution in [0.3, 0.4) is 0 Å². The van der Waals surface area contributed by atoms with Crippen molar-refractivity contribution in [2.24, 2.45) is 5.73 Å². The number of pyridine rings is 1. The van der Waals surface area contributed by atoms with Crippen molar-refractivity contribution in [3.63, 3.8) is 0 Å². The van der Waals surface area contributed by atoms with Crippen LogP contribution < -0.4 is 5.73 Å². The van der Waals surface area contributed by atoms with Crippen LogP contribution in [0.5, 0.6) is 0 Å². The maximum atomic E-state index is 12.7. The molecule has 0 radical (unpaired) electrons. The van der Waals surface area contributed by atoms with Crippen LogP contribution in [0.4, 0.5) is 0 Å². The number of amides is 2. The minimum absolute atomic E-state index is 0.111. The molecule has 1 aromatic rings. The summed E-state index contributed by atoms with van der Waals surface area (Å²) in [6, 6.07) is 5.24.